The first kappa shape index (κ1) is 14.0. The van der Waals surface area contributed by atoms with Gasteiger partial charge in [-0.1, -0.05) is 6.07 Å². The van der Waals surface area contributed by atoms with Gasteiger partial charge in [0.1, 0.15) is 0 Å². The Morgan fingerprint density at radius 3 is 3.29 bits per heavy atom. The number of nitrogens with zero attached hydrogens (tertiary/aromatic N) is 3. The lowest BCUT2D eigenvalue weighted by Gasteiger charge is -2.33. The summed E-state index contributed by atoms with van der Waals surface area (Å²) in [5, 5.41) is 2.00. The van der Waals surface area contributed by atoms with Crippen LogP contribution in [0, 0.1) is 0 Å². The zero-order chi connectivity index (χ0) is 14.7. The van der Waals surface area contributed by atoms with E-state index in [1.54, 1.807) is 24.5 Å². The third-order valence-electron chi connectivity index (χ3n) is 3.53. The van der Waals surface area contributed by atoms with Crippen LogP contribution in [0.4, 0.5) is 0 Å². The Labute approximate surface area is 127 Å². The van der Waals surface area contributed by atoms with Crippen molar-refractivity contribution >= 4 is 23.3 Å². The van der Waals surface area contributed by atoms with E-state index in [4.69, 9.17) is 4.74 Å². The van der Waals surface area contributed by atoms with Crippen molar-refractivity contribution in [3.05, 3.63) is 46.7 Å². The molecule has 1 aliphatic rings. The number of carbonyl (C=O) groups excluding carboxylic acids is 1. The Hall–Kier alpha value is -1.92. The Morgan fingerprint density at radius 1 is 1.62 bits per heavy atom. The van der Waals surface area contributed by atoms with Crippen LogP contribution >= 0.6 is 11.3 Å². The van der Waals surface area contributed by atoms with Crippen molar-refractivity contribution in [1.29, 1.82) is 0 Å². The van der Waals surface area contributed by atoms with E-state index in [1.165, 1.54) is 0 Å². The van der Waals surface area contributed by atoms with Gasteiger partial charge in [0.05, 0.1) is 31.2 Å². The first-order chi connectivity index (χ1) is 10.3. The van der Waals surface area contributed by atoms with Crippen molar-refractivity contribution in [1.82, 2.24) is 14.5 Å². The summed E-state index contributed by atoms with van der Waals surface area (Å²) in [5.41, 5.74) is 1.04. The predicted octanol–water partition coefficient (Wildman–Crippen LogP) is 2.19. The van der Waals surface area contributed by atoms with Crippen LogP contribution in [0.25, 0.3) is 6.08 Å². The summed E-state index contributed by atoms with van der Waals surface area (Å²) in [6.07, 6.45) is 7.12. The molecule has 0 spiro atoms. The highest BCUT2D eigenvalue weighted by molar-refractivity contribution is 7.10. The van der Waals surface area contributed by atoms with Crippen LogP contribution < -0.4 is 0 Å². The monoisotopic (exact) mass is 303 g/mol. The van der Waals surface area contributed by atoms with Gasteiger partial charge in [0, 0.05) is 30.8 Å². The molecule has 0 unspecified atom stereocenters. The van der Waals surface area contributed by atoms with Crippen molar-refractivity contribution in [3.63, 3.8) is 0 Å². The summed E-state index contributed by atoms with van der Waals surface area (Å²) in [6, 6.07) is 4.09. The molecule has 3 heterocycles. The first-order valence-corrected chi connectivity index (χ1v) is 7.66. The third-order valence-corrected chi connectivity index (χ3v) is 4.37. The summed E-state index contributed by atoms with van der Waals surface area (Å²) >= 11 is 1.62. The van der Waals surface area contributed by atoms with E-state index in [0.29, 0.717) is 19.7 Å². The highest BCUT2D eigenvalue weighted by atomic mass is 32.1. The number of thiophene rings is 1. The van der Waals surface area contributed by atoms with E-state index >= 15 is 0 Å². The summed E-state index contributed by atoms with van der Waals surface area (Å²) in [4.78, 5) is 19.4. The Balaban J connectivity index is 1.73. The van der Waals surface area contributed by atoms with Crippen molar-refractivity contribution in [3.8, 4) is 0 Å². The second kappa shape index (κ2) is 6.24. The van der Waals surface area contributed by atoms with Gasteiger partial charge in [-0.15, -0.1) is 11.3 Å². The fraction of sp³-hybridized carbons (Fsp3) is 0.333. The van der Waals surface area contributed by atoms with Crippen molar-refractivity contribution in [2.24, 2.45) is 0 Å². The summed E-state index contributed by atoms with van der Waals surface area (Å²) < 4.78 is 7.35. The van der Waals surface area contributed by atoms with Crippen LogP contribution in [0.3, 0.4) is 0 Å². The predicted molar refractivity (Wildman–Crippen MR) is 81.9 cm³/mol. The number of methoxy groups -OCH3 is 1. The Morgan fingerprint density at radius 2 is 2.52 bits per heavy atom. The van der Waals surface area contributed by atoms with Gasteiger partial charge in [-0.25, -0.2) is 4.98 Å². The highest BCUT2D eigenvalue weighted by Gasteiger charge is 2.26. The molecule has 0 bridgehead atoms. The van der Waals surface area contributed by atoms with Gasteiger partial charge in [-0.2, -0.15) is 0 Å². The van der Waals surface area contributed by atoms with Gasteiger partial charge < -0.3 is 14.2 Å². The maximum absolute atomic E-state index is 12.3. The van der Waals surface area contributed by atoms with Gasteiger partial charge >= 0.3 is 0 Å². The van der Waals surface area contributed by atoms with Crippen LogP contribution in [0.5, 0.6) is 0 Å². The molecule has 3 rings (SSSR count). The molecular weight excluding hydrogens is 286 g/mol. The lowest BCUT2D eigenvalue weighted by molar-refractivity contribution is -0.128. The largest absolute Gasteiger partial charge is 0.382 e. The molecule has 0 fully saturated rings. The van der Waals surface area contributed by atoms with Crippen LogP contribution in [0.1, 0.15) is 16.6 Å². The fourth-order valence-corrected chi connectivity index (χ4v) is 3.14. The van der Waals surface area contributed by atoms with E-state index in [-0.39, 0.29) is 11.9 Å². The molecule has 0 aromatic carbocycles. The van der Waals surface area contributed by atoms with E-state index in [9.17, 15) is 4.79 Å². The van der Waals surface area contributed by atoms with E-state index < -0.39 is 0 Å². The molecular formula is C15H17N3O2S. The molecule has 1 aliphatic heterocycles. The molecule has 0 radical (unpaired) electrons. The molecule has 0 N–H and O–H groups in total. The second-order valence-electron chi connectivity index (χ2n) is 4.97. The number of carbonyl (C=O) groups is 1. The van der Waals surface area contributed by atoms with E-state index in [0.717, 1.165) is 10.6 Å². The molecule has 1 atom stereocenters. The molecule has 6 heteroatoms. The van der Waals surface area contributed by atoms with Crippen molar-refractivity contribution in [2.45, 2.75) is 12.6 Å². The van der Waals surface area contributed by atoms with Crippen molar-refractivity contribution < 1.29 is 9.53 Å². The quantitative estimate of drug-likeness (QED) is 0.814. The molecule has 1 amide bonds. The van der Waals surface area contributed by atoms with Crippen molar-refractivity contribution in [2.75, 3.05) is 20.3 Å². The fourth-order valence-electron chi connectivity index (χ4n) is 2.52. The maximum Gasteiger partial charge on any atom is 0.247 e. The van der Waals surface area contributed by atoms with Gasteiger partial charge in [0.25, 0.3) is 0 Å². The Kier molecular flexibility index (Phi) is 4.17. The number of rotatable bonds is 4. The number of ether oxygens (including phenoxy) is 1. The standard InChI is InChI=1S/C15H17N3O2S/c1-20-10-13-9-17(8-12-7-16-11-18(12)13)15(19)5-4-14-3-2-6-21-14/h2-7,11,13H,8-10H2,1H3/b5-4+/t13-/m1/s1. The molecule has 5 nitrogen and oxygen atoms in total. The molecule has 0 saturated carbocycles. The van der Waals surface area contributed by atoms with Gasteiger partial charge in [-0.3, -0.25) is 4.79 Å². The van der Waals surface area contributed by atoms with Crippen LogP contribution in [0.2, 0.25) is 0 Å². The van der Waals surface area contributed by atoms with E-state index in [1.807, 2.05) is 41.0 Å². The number of aromatic nitrogens is 2. The topological polar surface area (TPSA) is 47.4 Å². The normalized spacial score (nSPS) is 18.1. The number of fused-ring (bicyclic) bond motifs is 1. The van der Waals surface area contributed by atoms with Crippen LogP contribution in [0.15, 0.2) is 36.1 Å². The molecule has 2 aromatic heterocycles. The molecule has 2 aromatic rings. The minimum atomic E-state index is 0.0250. The number of hydrogen-bond acceptors (Lipinski definition) is 4. The first-order valence-electron chi connectivity index (χ1n) is 6.78. The van der Waals surface area contributed by atoms with Gasteiger partial charge in [-0.05, 0) is 17.5 Å². The summed E-state index contributed by atoms with van der Waals surface area (Å²) in [5.74, 6) is 0.0250. The average Bonchev–Trinajstić information content (AvgIpc) is 3.16. The number of imidazole rings is 1. The average molecular weight is 303 g/mol. The molecule has 21 heavy (non-hydrogen) atoms. The SMILES string of the molecule is COC[C@H]1CN(C(=O)/C=C/c2cccs2)Cc2cncn21. The lowest BCUT2D eigenvalue weighted by atomic mass is 10.2. The number of hydrogen-bond donors (Lipinski definition) is 0. The maximum atomic E-state index is 12.3. The zero-order valence-corrected chi connectivity index (χ0v) is 12.6. The zero-order valence-electron chi connectivity index (χ0n) is 11.8. The van der Waals surface area contributed by atoms with Gasteiger partial charge in [0.15, 0.2) is 0 Å². The second-order valence-corrected chi connectivity index (χ2v) is 5.95. The minimum absolute atomic E-state index is 0.0250. The molecule has 110 valence electrons. The third kappa shape index (κ3) is 3.06. The smallest absolute Gasteiger partial charge is 0.247 e. The van der Waals surface area contributed by atoms with Crippen LogP contribution in [-0.2, 0) is 16.1 Å². The van der Waals surface area contributed by atoms with Crippen LogP contribution in [-0.4, -0.2) is 40.6 Å². The minimum Gasteiger partial charge on any atom is -0.382 e. The lowest BCUT2D eigenvalue weighted by Crippen LogP contribution is -2.41. The molecule has 0 saturated heterocycles. The molecule has 0 aliphatic carbocycles. The Bertz CT molecular complexity index is 633. The van der Waals surface area contributed by atoms with E-state index in [2.05, 4.69) is 9.55 Å². The van der Waals surface area contributed by atoms with Gasteiger partial charge in [0.2, 0.25) is 5.91 Å². The highest BCUT2D eigenvalue weighted by Crippen LogP contribution is 2.21. The number of amides is 1. The summed E-state index contributed by atoms with van der Waals surface area (Å²) in [7, 11) is 1.67. The summed E-state index contributed by atoms with van der Waals surface area (Å²) in [6.45, 7) is 1.81.